The molecule has 122 valence electrons. The Morgan fingerprint density at radius 3 is 2.71 bits per heavy atom. The molecule has 3 N–H and O–H groups in total. The molecule has 0 radical (unpaired) electrons. The average molecular weight is 360 g/mol. The van der Waals surface area contributed by atoms with Gasteiger partial charge in [-0.3, -0.25) is 4.72 Å². The maximum absolute atomic E-state index is 12.5. The molecule has 0 aliphatic heterocycles. The van der Waals surface area contributed by atoms with Gasteiger partial charge in [0, 0.05) is 0 Å². The predicted molar refractivity (Wildman–Crippen MR) is 94.1 cm³/mol. The predicted octanol–water partition coefficient (Wildman–Crippen LogP) is 2.58. The molecule has 0 unspecified atom stereocenters. The molecular formula is C15H12N4O3S2. The molecular weight excluding hydrogens is 348 g/mol. The van der Waals surface area contributed by atoms with Crippen molar-refractivity contribution in [1.82, 2.24) is 15.0 Å². The number of thiazole rings is 1. The molecule has 0 aliphatic carbocycles. The number of rotatable bonds is 3. The smallest absolute Gasteiger partial charge is 0.306 e. The van der Waals surface area contributed by atoms with Gasteiger partial charge in [-0.15, -0.1) is 0 Å². The molecule has 0 amide bonds. The van der Waals surface area contributed by atoms with Crippen LogP contribution >= 0.6 is 11.3 Å². The van der Waals surface area contributed by atoms with Gasteiger partial charge in [0.1, 0.15) is 0 Å². The summed E-state index contributed by atoms with van der Waals surface area (Å²) in [6, 6.07) is 10.1. The van der Waals surface area contributed by atoms with Crippen LogP contribution in [0.1, 0.15) is 5.56 Å². The van der Waals surface area contributed by atoms with Gasteiger partial charge in [0.25, 0.3) is 10.0 Å². The lowest BCUT2D eigenvalue weighted by molar-refractivity contribution is 0.601. The van der Waals surface area contributed by atoms with Crippen LogP contribution in [0.15, 0.2) is 46.1 Å². The molecule has 2 heterocycles. The highest BCUT2D eigenvalue weighted by Crippen LogP contribution is 2.28. The first kappa shape index (κ1) is 14.9. The van der Waals surface area contributed by atoms with Crippen molar-refractivity contribution >= 4 is 47.7 Å². The van der Waals surface area contributed by atoms with E-state index in [1.165, 1.54) is 23.5 Å². The summed E-state index contributed by atoms with van der Waals surface area (Å²) in [5.41, 5.74) is 2.43. The van der Waals surface area contributed by atoms with E-state index in [4.69, 9.17) is 0 Å². The molecule has 0 bridgehead atoms. The minimum Gasteiger partial charge on any atom is -0.306 e. The molecule has 2 aromatic carbocycles. The number of anilines is 1. The second-order valence-electron chi connectivity index (χ2n) is 5.38. The van der Waals surface area contributed by atoms with Crippen LogP contribution in [-0.2, 0) is 10.0 Å². The summed E-state index contributed by atoms with van der Waals surface area (Å²) >= 11 is 1.28. The third-order valence-electron chi connectivity index (χ3n) is 3.56. The van der Waals surface area contributed by atoms with Crippen LogP contribution < -0.4 is 10.4 Å². The molecule has 0 atom stereocenters. The van der Waals surface area contributed by atoms with Gasteiger partial charge in [-0.05, 0) is 42.8 Å². The van der Waals surface area contributed by atoms with Crippen molar-refractivity contribution in [3.8, 4) is 0 Å². The lowest BCUT2D eigenvalue weighted by Gasteiger charge is -2.04. The molecule has 0 fully saturated rings. The Morgan fingerprint density at radius 1 is 1.08 bits per heavy atom. The zero-order chi connectivity index (χ0) is 16.9. The fraction of sp³-hybridized carbons (Fsp3) is 0.0667. The van der Waals surface area contributed by atoms with E-state index in [1.807, 2.05) is 25.1 Å². The van der Waals surface area contributed by atoms with E-state index in [0.29, 0.717) is 16.2 Å². The van der Waals surface area contributed by atoms with Crippen molar-refractivity contribution in [2.45, 2.75) is 11.8 Å². The van der Waals surface area contributed by atoms with E-state index in [1.54, 1.807) is 6.07 Å². The maximum Gasteiger partial charge on any atom is 0.323 e. The number of aromatic amines is 2. The van der Waals surface area contributed by atoms with Crippen molar-refractivity contribution in [3.63, 3.8) is 0 Å². The number of hydrogen-bond acceptors (Lipinski definition) is 5. The van der Waals surface area contributed by atoms with Gasteiger partial charge in [-0.2, -0.15) is 0 Å². The van der Waals surface area contributed by atoms with Crippen LogP contribution in [0.2, 0.25) is 0 Å². The number of benzene rings is 2. The summed E-state index contributed by atoms with van der Waals surface area (Å²) in [5, 5.41) is 0.304. The first-order chi connectivity index (χ1) is 11.4. The van der Waals surface area contributed by atoms with E-state index in [-0.39, 0.29) is 10.6 Å². The molecule has 24 heavy (non-hydrogen) atoms. The lowest BCUT2D eigenvalue weighted by Crippen LogP contribution is -2.12. The summed E-state index contributed by atoms with van der Waals surface area (Å²) in [4.78, 5) is 20.8. The highest BCUT2D eigenvalue weighted by molar-refractivity contribution is 7.93. The van der Waals surface area contributed by atoms with Gasteiger partial charge in [0.15, 0.2) is 5.13 Å². The van der Waals surface area contributed by atoms with Crippen molar-refractivity contribution in [2.24, 2.45) is 0 Å². The third kappa shape index (κ3) is 2.57. The van der Waals surface area contributed by atoms with Crippen LogP contribution in [0, 0.1) is 6.92 Å². The monoisotopic (exact) mass is 360 g/mol. The van der Waals surface area contributed by atoms with Crippen molar-refractivity contribution in [3.05, 3.63) is 52.4 Å². The van der Waals surface area contributed by atoms with Crippen LogP contribution in [0.25, 0.3) is 21.3 Å². The summed E-state index contributed by atoms with van der Waals surface area (Å²) in [6.07, 6.45) is 0. The van der Waals surface area contributed by atoms with Crippen LogP contribution in [-0.4, -0.2) is 23.4 Å². The molecule has 0 saturated carbocycles. The Bertz CT molecular complexity index is 1230. The first-order valence-corrected chi connectivity index (χ1v) is 9.33. The van der Waals surface area contributed by atoms with E-state index in [2.05, 4.69) is 19.7 Å². The topological polar surface area (TPSA) is 108 Å². The summed E-state index contributed by atoms with van der Waals surface area (Å²) in [5.74, 6) is 0. The molecule has 4 rings (SSSR count). The number of nitrogens with zero attached hydrogens (tertiary/aromatic N) is 1. The second-order valence-corrected chi connectivity index (χ2v) is 8.10. The zero-order valence-corrected chi connectivity index (χ0v) is 14.1. The minimum atomic E-state index is -3.79. The largest absolute Gasteiger partial charge is 0.323 e. The van der Waals surface area contributed by atoms with Crippen LogP contribution in [0.5, 0.6) is 0 Å². The molecule has 7 nitrogen and oxygen atoms in total. The third-order valence-corrected chi connectivity index (χ3v) is 5.96. The Labute approximate surface area is 140 Å². The summed E-state index contributed by atoms with van der Waals surface area (Å²) < 4.78 is 28.5. The summed E-state index contributed by atoms with van der Waals surface area (Å²) in [7, 11) is -3.79. The Hall–Kier alpha value is -2.65. The zero-order valence-electron chi connectivity index (χ0n) is 12.5. The normalized spacial score (nSPS) is 12.0. The van der Waals surface area contributed by atoms with Crippen molar-refractivity contribution in [1.29, 1.82) is 0 Å². The average Bonchev–Trinajstić information content (AvgIpc) is 3.06. The van der Waals surface area contributed by atoms with E-state index < -0.39 is 10.0 Å². The fourth-order valence-corrected chi connectivity index (χ4v) is 4.65. The highest BCUT2D eigenvalue weighted by Gasteiger charge is 2.17. The number of imidazole rings is 1. The lowest BCUT2D eigenvalue weighted by atomic mass is 10.2. The maximum atomic E-state index is 12.5. The standard InChI is InChI=1S/C15H12N4O3S2/c1-8-2-4-11-13(6-8)23-15(18-11)19-24(21,22)9-3-5-10-12(7-9)17-14(20)16-10/h2-7H,1H3,(H,18,19)(H2,16,17,20). The molecule has 9 heteroatoms. The number of H-pyrrole nitrogens is 2. The number of aromatic nitrogens is 3. The minimum absolute atomic E-state index is 0.0562. The number of fused-ring (bicyclic) bond motifs is 2. The quantitative estimate of drug-likeness (QED) is 0.522. The van der Waals surface area contributed by atoms with E-state index in [9.17, 15) is 13.2 Å². The van der Waals surface area contributed by atoms with Crippen molar-refractivity contribution < 1.29 is 8.42 Å². The number of aryl methyl sites for hydroxylation is 1. The van der Waals surface area contributed by atoms with E-state index >= 15 is 0 Å². The second kappa shape index (κ2) is 5.18. The van der Waals surface area contributed by atoms with Gasteiger partial charge in [0.05, 0.1) is 26.1 Å². The first-order valence-electron chi connectivity index (χ1n) is 7.03. The van der Waals surface area contributed by atoms with Gasteiger partial charge in [0.2, 0.25) is 0 Å². The fourth-order valence-electron chi connectivity index (χ4n) is 2.43. The molecule has 2 aromatic heterocycles. The van der Waals surface area contributed by atoms with Gasteiger partial charge in [-0.25, -0.2) is 18.2 Å². The molecule has 0 aliphatic rings. The van der Waals surface area contributed by atoms with Gasteiger partial charge < -0.3 is 9.97 Å². The molecule has 0 spiro atoms. The van der Waals surface area contributed by atoms with E-state index in [0.717, 1.165) is 15.8 Å². The van der Waals surface area contributed by atoms with Crippen molar-refractivity contribution in [2.75, 3.05) is 4.72 Å². The highest BCUT2D eigenvalue weighted by atomic mass is 32.2. The van der Waals surface area contributed by atoms with Gasteiger partial charge in [-0.1, -0.05) is 17.4 Å². The Morgan fingerprint density at radius 2 is 1.88 bits per heavy atom. The van der Waals surface area contributed by atoms with Gasteiger partial charge >= 0.3 is 5.69 Å². The Balaban J connectivity index is 1.73. The molecule has 0 saturated heterocycles. The SMILES string of the molecule is Cc1ccc2nc(NS(=O)(=O)c3ccc4[nH]c(=O)[nH]c4c3)sc2c1. The van der Waals surface area contributed by atoms with Crippen LogP contribution in [0.4, 0.5) is 5.13 Å². The summed E-state index contributed by atoms with van der Waals surface area (Å²) in [6.45, 7) is 1.97. The Kier molecular flexibility index (Phi) is 3.22. The number of sulfonamides is 1. The molecule has 4 aromatic rings. The number of hydrogen-bond donors (Lipinski definition) is 3. The number of nitrogens with one attached hydrogen (secondary N) is 3. The van der Waals surface area contributed by atoms with Crippen LogP contribution in [0.3, 0.4) is 0 Å².